The topological polar surface area (TPSA) is 48.0 Å². The molecule has 0 atom stereocenters. The third-order valence-corrected chi connectivity index (χ3v) is 5.23. The Kier molecular flexibility index (Phi) is 3.55. The molecule has 0 bridgehead atoms. The van der Waals surface area contributed by atoms with Crippen molar-refractivity contribution in [2.24, 2.45) is 0 Å². The van der Waals surface area contributed by atoms with E-state index in [0.717, 1.165) is 39.2 Å². The molecule has 28 heavy (non-hydrogen) atoms. The summed E-state index contributed by atoms with van der Waals surface area (Å²) in [4.78, 5) is 9.44. The Morgan fingerprint density at radius 3 is 2.29 bits per heavy atom. The molecule has 0 aliphatic carbocycles. The zero-order valence-corrected chi connectivity index (χ0v) is 15.8. The summed E-state index contributed by atoms with van der Waals surface area (Å²) in [6.07, 6.45) is 1.68. The van der Waals surface area contributed by atoms with Gasteiger partial charge in [0.1, 0.15) is 12.1 Å². The fourth-order valence-corrected chi connectivity index (χ4v) is 3.59. The highest BCUT2D eigenvalue weighted by molar-refractivity contribution is 5.95. The molecule has 5 aromatic rings. The minimum absolute atomic E-state index is 0.259. The summed E-state index contributed by atoms with van der Waals surface area (Å²) in [6.45, 7) is 6.15. The van der Waals surface area contributed by atoms with E-state index in [1.807, 2.05) is 23.6 Å². The Morgan fingerprint density at radius 2 is 1.57 bits per heavy atom. The molecule has 138 valence electrons. The van der Waals surface area contributed by atoms with Gasteiger partial charge in [0.25, 0.3) is 0 Å². The van der Waals surface area contributed by atoms with Crippen LogP contribution in [0.15, 0.2) is 54.9 Å². The van der Waals surface area contributed by atoms with Crippen molar-refractivity contribution in [2.45, 2.75) is 20.8 Å². The van der Waals surface area contributed by atoms with E-state index < -0.39 is 0 Å². The summed E-state index contributed by atoms with van der Waals surface area (Å²) in [5.74, 6) is 0.408. The highest BCUT2D eigenvalue weighted by Gasteiger charge is 2.19. The molecule has 0 unspecified atom stereocenters. The normalized spacial score (nSPS) is 11.6. The Morgan fingerprint density at radius 1 is 0.857 bits per heavy atom. The number of fused-ring (bicyclic) bond motifs is 3. The smallest absolute Gasteiger partial charge is 0.182 e. The number of rotatable bonds is 2. The van der Waals surface area contributed by atoms with Gasteiger partial charge in [0.15, 0.2) is 17.1 Å². The minimum Gasteiger partial charge on any atom is -0.298 e. The van der Waals surface area contributed by atoms with Gasteiger partial charge in [-0.25, -0.2) is 18.9 Å². The molecule has 0 spiro atoms. The van der Waals surface area contributed by atoms with Crippen LogP contribution >= 0.6 is 0 Å². The fraction of sp³-hybridized carbons (Fsp3) is 0.136. The monoisotopic (exact) mass is 371 g/mol. The predicted molar refractivity (Wildman–Crippen MR) is 107 cm³/mol. The van der Waals surface area contributed by atoms with Crippen LogP contribution in [0, 0.1) is 26.6 Å². The molecule has 3 aromatic heterocycles. The average molecular weight is 371 g/mol. The molecular formula is C22H18FN5. The Balaban J connectivity index is 1.77. The molecule has 0 N–H and O–H groups in total. The number of nitrogens with zero attached hydrogens (tertiary/aromatic N) is 5. The predicted octanol–water partition coefficient (Wildman–Crippen LogP) is 4.80. The summed E-state index contributed by atoms with van der Waals surface area (Å²) in [5.41, 5.74) is 6.71. The van der Waals surface area contributed by atoms with Crippen molar-refractivity contribution >= 4 is 16.7 Å². The average Bonchev–Trinajstić information content (AvgIpc) is 3.23. The quantitative estimate of drug-likeness (QED) is 0.448. The second-order valence-corrected chi connectivity index (χ2v) is 7.04. The summed E-state index contributed by atoms with van der Waals surface area (Å²) in [6, 6.07) is 14.6. The molecule has 5 rings (SSSR count). The van der Waals surface area contributed by atoms with E-state index in [4.69, 9.17) is 4.98 Å². The molecule has 0 aliphatic rings. The van der Waals surface area contributed by atoms with Gasteiger partial charge < -0.3 is 0 Å². The van der Waals surface area contributed by atoms with Crippen molar-refractivity contribution in [3.8, 4) is 17.1 Å². The van der Waals surface area contributed by atoms with Crippen LogP contribution < -0.4 is 0 Å². The van der Waals surface area contributed by atoms with Crippen molar-refractivity contribution in [1.82, 2.24) is 24.1 Å². The summed E-state index contributed by atoms with van der Waals surface area (Å²) < 4.78 is 17.1. The maximum Gasteiger partial charge on any atom is 0.182 e. The van der Waals surface area contributed by atoms with Gasteiger partial charge in [-0.1, -0.05) is 29.8 Å². The van der Waals surface area contributed by atoms with Gasteiger partial charge in [0.05, 0.1) is 5.39 Å². The Labute approximate surface area is 161 Å². The lowest BCUT2D eigenvalue weighted by Crippen LogP contribution is -1.99. The Hall–Kier alpha value is -3.54. The van der Waals surface area contributed by atoms with Crippen LogP contribution in [0.3, 0.4) is 0 Å². The Bertz CT molecular complexity index is 1330. The van der Waals surface area contributed by atoms with Crippen LogP contribution in [0.25, 0.3) is 33.8 Å². The lowest BCUT2D eigenvalue weighted by molar-refractivity contribution is 0.627. The van der Waals surface area contributed by atoms with Gasteiger partial charge in [-0.05, 0) is 50.6 Å². The van der Waals surface area contributed by atoms with Crippen LogP contribution in [-0.4, -0.2) is 24.1 Å². The minimum atomic E-state index is -0.259. The zero-order chi connectivity index (χ0) is 19.4. The van der Waals surface area contributed by atoms with Gasteiger partial charge in [0, 0.05) is 16.9 Å². The number of hydrogen-bond donors (Lipinski definition) is 0. The maximum atomic E-state index is 13.4. The second kappa shape index (κ2) is 5.99. The molecule has 3 heterocycles. The molecule has 0 saturated heterocycles. The van der Waals surface area contributed by atoms with E-state index in [2.05, 4.69) is 36.1 Å². The first kappa shape index (κ1) is 16.6. The highest BCUT2D eigenvalue weighted by atomic mass is 19.1. The van der Waals surface area contributed by atoms with Crippen LogP contribution in [-0.2, 0) is 0 Å². The zero-order valence-electron chi connectivity index (χ0n) is 15.8. The summed E-state index contributed by atoms with van der Waals surface area (Å²) in [7, 11) is 0. The molecule has 2 aromatic carbocycles. The first-order chi connectivity index (χ1) is 13.5. The molecule has 0 fully saturated rings. The standard InChI is InChI=1S/C22H18FN5/c1-13-4-6-16(7-5-13)20-25-22-19-14(2)15(3)28(18-10-8-17(23)9-11-18)21(19)24-12-27(22)26-20/h4-12H,1-3H3. The van der Waals surface area contributed by atoms with E-state index in [-0.39, 0.29) is 5.82 Å². The van der Waals surface area contributed by atoms with Crippen LogP contribution in [0.2, 0.25) is 0 Å². The fourth-order valence-electron chi connectivity index (χ4n) is 3.59. The first-order valence-corrected chi connectivity index (χ1v) is 9.09. The SMILES string of the molecule is Cc1ccc(-c2nc3c4c(C)c(C)n(-c5ccc(F)cc5)c4ncn3n2)cc1. The van der Waals surface area contributed by atoms with Crippen molar-refractivity contribution in [2.75, 3.05) is 0 Å². The van der Waals surface area contributed by atoms with Crippen LogP contribution in [0.5, 0.6) is 0 Å². The van der Waals surface area contributed by atoms with Crippen molar-refractivity contribution < 1.29 is 4.39 Å². The molecule has 0 saturated carbocycles. The molecule has 0 aliphatic heterocycles. The highest BCUT2D eigenvalue weighted by Crippen LogP contribution is 2.30. The van der Waals surface area contributed by atoms with Crippen molar-refractivity contribution in [3.63, 3.8) is 0 Å². The second-order valence-electron chi connectivity index (χ2n) is 7.04. The van der Waals surface area contributed by atoms with E-state index in [9.17, 15) is 4.39 Å². The largest absolute Gasteiger partial charge is 0.298 e. The van der Waals surface area contributed by atoms with Gasteiger partial charge in [-0.15, -0.1) is 5.10 Å². The number of benzene rings is 2. The third kappa shape index (κ3) is 2.41. The van der Waals surface area contributed by atoms with E-state index in [1.54, 1.807) is 23.0 Å². The third-order valence-electron chi connectivity index (χ3n) is 5.23. The first-order valence-electron chi connectivity index (χ1n) is 9.09. The lowest BCUT2D eigenvalue weighted by Gasteiger charge is -2.07. The van der Waals surface area contributed by atoms with Gasteiger partial charge in [-0.3, -0.25) is 4.57 Å². The molecule has 0 amide bonds. The van der Waals surface area contributed by atoms with Gasteiger partial charge in [0.2, 0.25) is 0 Å². The van der Waals surface area contributed by atoms with E-state index in [0.29, 0.717) is 5.82 Å². The number of halogens is 1. The van der Waals surface area contributed by atoms with Crippen molar-refractivity contribution in [1.29, 1.82) is 0 Å². The molecule has 0 radical (unpaired) electrons. The summed E-state index contributed by atoms with van der Waals surface area (Å²) in [5, 5.41) is 5.57. The van der Waals surface area contributed by atoms with Crippen LogP contribution in [0.1, 0.15) is 16.8 Å². The van der Waals surface area contributed by atoms with Gasteiger partial charge >= 0.3 is 0 Å². The lowest BCUT2D eigenvalue weighted by atomic mass is 10.1. The summed E-state index contributed by atoms with van der Waals surface area (Å²) >= 11 is 0. The van der Waals surface area contributed by atoms with E-state index >= 15 is 0 Å². The number of hydrogen-bond acceptors (Lipinski definition) is 3. The van der Waals surface area contributed by atoms with Crippen LogP contribution in [0.4, 0.5) is 4.39 Å². The molecule has 5 nitrogen and oxygen atoms in total. The van der Waals surface area contributed by atoms with Gasteiger partial charge in [-0.2, -0.15) is 0 Å². The van der Waals surface area contributed by atoms with Crippen molar-refractivity contribution in [3.05, 3.63) is 77.5 Å². The number of aryl methyl sites for hydroxylation is 2. The number of aromatic nitrogens is 5. The molecule has 6 heteroatoms. The molecular weight excluding hydrogens is 353 g/mol. The maximum absolute atomic E-state index is 13.4. The van der Waals surface area contributed by atoms with E-state index in [1.165, 1.54) is 17.7 Å².